The molecule has 0 saturated heterocycles. The second kappa shape index (κ2) is 8.85. The molecule has 0 aliphatic carbocycles. The fourth-order valence-corrected chi connectivity index (χ4v) is 2.49. The molecule has 1 heterocycles. The summed E-state index contributed by atoms with van der Waals surface area (Å²) in [7, 11) is 0. The first-order chi connectivity index (χ1) is 12.7. The normalized spacial score (nSPS) is 10.5. The van der Waals surface area contributed by atoms with Crippen LogP contribution >= 0.6 is 0 Å². The van der Waals surface area contributed by atoms with Gasteiger partial charge in [-0.15, -0.1) is 0 Å². The maximum absolute atomic E-state index is 12.8. The van der Waals surface area contributed by atoms with Crippen LogP contribution in [0.5, 0.6) is 5.75 Å². The van der Waals surface area contributed by atoms with E-state index in [-0.39, 0.29) is 11.7 Å². The average molecular weight is 353 g/mol. The largest absolute Gasteiger partial charge is 0.492 e. The predicted octanol–water partition coefficient (Wildman–Crippen LogP) is 4.21. The number of carbonyl (C=O) groups excluding carboxylic acids is 1. The van der Waals surface area contributed by atoms with Gasteiger partial charge in [0, 0.05) is 18.4 Å². The van der Waals surface area contributed by atoms with Gasteiger partial charge in [-0.25, -0.2) is 4.39 Å². The highest BCUT2D eigenvalue weighted by Crippen LogP contribution is 2.22. The van der Waals surface area contributed by atoms with E-state index in [4.69, 9.17) is 9.15 Å². The molecule has 1 aromatic heterocycles. The van der Waals surface area contributed by atoms with Crippen molar-refractivity contribution in [3.05, 3.63) is 78.3 Å². The van der Waals surface area contributed by atoms with E-state index in [2.05, 4.69) is 5.32 Å². The Morgan fingerprint density at radius 1 is 1.00 bits per heavy atom. The van der Waals surface area contributed by atoms with Crippen molar-refractivity contribution in [3.8, 4) is 17.1 Å². The van der Waals surface area contributed by atoms with Crippen molar-refractivity contribution in [1.29, 1.82) is 0 Å². The Balaban J connectivity index is 1.36. The minimum atomic E-state index is -0.306. The van der Waals surface area contributed by atoms with Gasteiger partial charge in [-0.05, 0) is 36.4 Å². The summed E-state index contributed by atoms with van der Waals surface area (Å²) in [5, 5.41) is 2.79. The molecule has 134 valence electrons. The second-order valence-corrected chi connectivity index (χ2v) is 5.78. The molecular weight excluding hydrogens is 333 g/mol. The van der Waals surface area contributed by atoms with E-state index in [1.54, 1.807) is 12.1 Å². The van der Waals surface area contributed by atoms with Crippen LogP contribution in [0.2, 0.25) is 0 Å². The topological polar surface area (TPSA) is 51.5 Å². The smallest absolute Gasteiger partial charge is 0.220 e. The van der Waals surface area contributed by atoms with Crippen LogP contribution < -0.4 is 10.1 Å². The first-order valence-electron chi connectivity index (χ1n) is 8.50. The summed E-state index contributed by atoms with van der Waals surface area (Å²) in [4.78, 5) is 11.9. The summed E-state index contributed by atoms with van der Waals surface area (Å²) in [5.74, 6) is 1.78. The van der Waals surface area contributed by atoms with Crippen LogP contribution in [-0.4, -0.2) is 19.1 Å². The number of carbonyl (C=O) groups is 1. The lowest BCUT2D eigenvalue weighted by atomic mass is 10.2. The van der Waals surface area contributed by atoms with Crippen LogP contribution in [0.1, 0.15) is 12.2 Å². The second-order valence-electron chi connectivity index (χ2n) is 5.78. The minimum absolute atomic E-state index is 0.0645. The highest BCUT2D eigenvalue weighted by molar-refractivity contribution is 5.76. The van der Waals surface area contributed by atoms with Crippen molar-refractivity contribution in [2.45, 2.75) is 12.8 Å². The molecule has 3 aromatic rings. The first kappa shape index (κ1) is 17.7. The van der Waals surface area contributed by atoms with Gasteiger partial charge in [0.15, 0.2) is 0 Å². The van der Waals surface area contributed by atoms with Crippen molar-refractivity contribution >= 4 is 5.91 Å². The van der Waals surface area contributed by atoms with Gasteiger partial charge in [-0.3, -0.25) is 4.79 Å². The number of benzene rings is 2. The Hall–Kier alpha value is -3.08. The van der Waals surface area contributed by atoms with E-state index in [9.17, 15) is 9.18 Å². The molecule has 1 N–H and O–H groups in total. The quantitative estimate of drug-likeness (QED) is 0.617. The Bertz CT molecular complexity index is 828. The summed E-state index contributed by atoms with van der Waals surface area (Å²) in [6.07, 6.45) is 0.885. The third kappa shape index (κ3) is 5.21. The lowest BCUT2D eigenvalue weighted by Crippen LogP contribution is -2.28. The summed E-state index contributed by atoms with van der Waals surface area (Å²) in [5.41, 5.74) is 1.01. The van der Waals surface area contributed by atoms with Gasteiger partial charge in [0.25, 0.3) is 0 Å². The molecule has 0 bridgehead atoms. The monoisotopic (exact) mass is 353 g/mol. The summed E-state index contributed by atoms with van der Waals surface area (Å²) in [6, 6.07) is 19.4. The minimum Gasteiger partial charge on any atom is -0.492 e. The van der Waals surface area contributed by atoms with Crippen molar-refractivity contribution in [2.24, 2.45) is 0 Å². The van der Waals surface area contributed by atoms with E-state index in [0.717, 1.165) is 17.1 Å². The molecule has 0 atom stereocenters. The van der Waals surface area contributed by atoms with Gasteiger partial charge in [-0.2, -0.15) is 0 Å². The molecule has 0 aliphatic heterocycles. The lowest BCUT2D eigenvalue weighted by molar-refractivity contribution is -0.121. The summed E-state index contributed by atoms with van der Waals surface area (Å²) >= 11 is 0. The number of halogens is 1. The van der Waals surface area contributed by atoms with Crippen molar-refractivity contribution in [2.75, 3.05) is 13.2 Å². The molecule has 0 saturated carbocycles. The van der Waals surface area contributed by atoms with E-state index in [1.165, 1.54) is 12.1 Å². The molecule has 3 rings (SSSR count). The van der Waals surface area contributed by atoms with Crippen LogP contribution in [0.15, 0.2) is 71.1 Å². The zero-order chi connectivity index (χ0) is 18.2. The van der Waals surface area contributed by atoms with Crippen molar-refractivity contribution in [3.63, 3.8) is 0 Å². The van der Waals surface area contributed by atoms with E-state index >= 15 is 0 Å². The number of aryl methyl sites for hydroxylation is 1. The Labute approximate surface area is 151 Å². The fourth-order valence-electron chi connectivity index (χ4n) is 2.49. The van der Waals surface area contributed by atoms with Gasteiger partial charge in [-0.1, -0.05) is 30.3 Å². The molecule has 2 aromatic carbocycles. The number of ether oxygens (including phenoxy) is 1. The molecular formula is C21H20FNO3. The highest BCUT2D eigenvalue weighted by atomic mass is 19.1. The van der Waals surface area contributed by atoms with Gasteiger partial charge in [0.1, 0.15) is 29.7 Å². The molecule has 0 radical (unpaired) electrons. The molecule has 0 fully saturated rings. The highest BCUT2D eigenvalue weighted by Gasteiger charge is 2.07. The zero-order valence-electron chi connectivity index (χ0n) is 14.3. The van der Waals surface area contributed by atoms with Crippen LogP contribution in [0.25, 0.3) is 11.3 Å². The van der Waals surface area contributed by atoms with Crippen LogP contribution in [0.4, 0.5) is 4.39 Å². The number of furan rings is 1. The number of nitrogens with one attached hydrogen (secondary N) is 1. The standard InChI is InChI=1S/C21H20FNO3/c22-17-6-8-18(9-7-17)25-15-14-23-21(24)13-11-19-10-12-20(26-19)16-4-2-1-3-5-16/h1-10,12H,11,13-15H2,(H,23,24). The van der Waals surface area contributed by atoms with Crippen LogP contribution in [0, 0.1) is 5.82 Å². The summed E-state index contributed by atoms with van der Waals surface area (Å²) in [6.45, 7) is 0.722. The molecule has 0 aliphatic rings. The third-order valence-electron chi connectivity index (χ3n) is 3.83. The molecule has 26 heavy (non-hydrogen) atoms. The number of hydrogen-bond donors (Lipinski definition) is 1. The summed E-state index contributed by atoms with van der Waals surface area (Å²) < 4.78 is 24.0. The maximum Gasteiger partial charge on any atom is 0.220 e. The third-order valence-corrected chi connectivity index (χ3v) is 3.83. The number of amides is 1. The van der Waals surface area contributed by atoms with E-state index in [0.29, 0.717) is 31.7 Å². The van der Waals surface area contributed by atoms with Gasteiger partial charge in [0.2, 0.25) is 5.91 Å². The van der Waals surface area contributed by atoms with Crippen LogP contribution in [-0.2, 0) is 11.2 Å². The van der Waals surface area contributed by atoms with Gasteiger partial charge >= 0.3 is 0 Å². The Morgan fingerprint density at radius 2 is 1.77 bits per heavy atom. The average Bonchev–Trinajstić information content (AvgIpc) is 3.15. The molecule has 4 nitrogen and oxygen atoms in total. The Morgan fingerprint density at radius 3 is 2.54 bits per heavy atom. The molecule has 0 spiro atoms. The van der Waals surface area contributed by atoms with E-state index in [1.807, 2.05) is 42.5 Å². The maximum atomic E-state index is 12.8. The van der Waals surface area contributed by atoms with Gasteiger partial charge < -0.3 is 14.5 Å². The van der Waals surface area contributed by atoms with Crippen molar-refractivity contribution < 1.29 is 18.3 Å². The van der Waals surface area contributed by atoms with E-state index < -0.39 is 0 Å². The number of rotatable bonds is 8. The van der Waals surface area contributed by atoms with Crippen LogP contribution in [0.3, 0.4) is 0 Å². The molecule has 1 amide bonds. The first-order valence-corrected chi connectivity index (χ1v) is 8.50. The SMILES string of the molecule is O=C(CCc1ccc(-c2ccccc2)o1)NCCOc1ccc(F)cc1. The Kier molecular flexibility index (Phi) is 6.04. The fraction of sp³-hybridized carbons (Fsp3) is 0.190. The predicted molar refractivity (Wildman–Crippen MR) is 97.4 cm³/mol. The zero-order valence-corrected chi connectivity index (χ0v) is 14.3. The molecule has 0 unspecified atom stereocenters. The molecule has 5 heteroatoms. The lowest BCUT2D eigenvalue weighted by Gasteiger charge is -2.07. The van der Waals surface area contributed by atoms with Gasteiger partial charge in [0.05, 0.1) is 6.54 Å². The number of hydrogen-bond acceptors (Lipinski definition) is 3. The van der Waals surface area contributed by atoms with Crippen molar-refractivity contribution in [1.82, 2.24) is 5.32 Å².